The summed E-state index contributed by atoms with van der Waals surface area (Å²) in [5.74, 6) is 0.616. The highest BCUT2D eigenvalue weighted by Gasteiger charge is 2.24. The fourth-order valence-electron chi connectivity index (χ4n) is 2.98. The molecular formula is C18H29FN4S. The summed E-state index contributed by atoms with van der Waals surface area (Å²) in [7, 11) is 3.68. The molecule has 4 nitrogen and oxygen atoms in total. The van der Waals surface area contributed by atoms with E-state index in [1.165, 1.54) is 19.3 Å². The van der Waals surface area contributed by atoms with E-state index in [2.05, 4.69) is 28.8 Å². The third-order valence-corrected chi connectivity index (χ3v) is 5.41. The number of rotatable bonds is 6. The maximum absolute atomic E-state index is 14.1. The summed E-state index contributed by atoms with van der Waals surface area (Å²) in [6, 6.07) is 5.79. The van der Waals surface area contributed by atoms with Crippen molar-refractivity contribution >= 4 is 23.4 Å². The third kappa shape index (κ3) is 5.30. The molecule has 2 rings (SSSR count). The van der Waals surface area contributed by atoms with Crippen molar-refractivity contribution in [3.63, 3.8) is 0 Å². The minimum absolute atomic E-state index is 0.204. The maximum atomic E-state index is 14.1. The predicted molar refractivity (Wildman–Crippen MR) is 104 cm³/mol. The Hall–Kier alpha value is -1.43. The minimum atomic E-state index is -0.204. The molecule has 1 fully saturated rings. The second-order valence-electron chi connectivity index (χ2n) is 6.39. The van der Waals surface area contributed by atoms with Crippen molar-refractivity contribution in [2.45, 2.75) is 44.0 Å². The molecule has 1 aliphatic rings. The van der Waals surface area contributed by atoms with Crippen LogP contribution in [0.25, 0.3) is 0 Å². The van der Waals surface area contributed by atoms with Crippen LogP contribution in [0.1, 0.15) is 31.7 Å². The molecule has 0 amide bonds. The van der Waals surface area contributed by atoms with Gasteiger partial charge in [-0.3, -0.25) is 0 Å². The first-order valence-corrected chi connectivity index (χ1v) is 9.85. The first kappa shape index (κ1) is 18.9. The van der Waals surface area contributed by atoms with Crippen LogP contribution in [-0.4, -0.2) is 44.1 Å². The van der Waals surface area contributed by atoms with Crippen LogP contribution in [-0.2, 0) is 6.54 Å². The van der Waals surface area contributed by atoms with Gasteiger partial charge in [-0.05, 0) is 50.1 Å². The number of halogens is 1. The van der Waals surface area contributed by atoms with Crippen molar-refractivity contribution in [3.8, 4) is 0 Å². The van der Waals surface area contributed by atoms with E-state index < -0.39 is 0 Å². The van der Waals surface area contributed by atoms with Crippen LogP contribution in [0, 0.1) is 5.82 Å². The van der Waals surface area contributed by atoms with Crippen LogP contribution in [0.15, 0.2) is 23.2 Å². The van der Waals surface area contributed by atoms with E-state index in [0.29, 0.717) is 18.3 Å². The zero-order chi connectivity index (χ0) is 17.5. The molecule has 0 bridgehead atoms. The van der Waals surface area contributed by atoms with Crippen molar-refractivity contribution in [3.05, 3.63) is 29.6 Å². The summed E-state index contributed by atoms with van der Waals surface area (Å²) in [4.78, 5) is 6.40. The van der Waals surface area contributed by atoms with Gasteiger partial charge in [-0.2, -0.15) is 11.8 Å². The molecule has 2 atom stereocenters. The van der Waals surface area contributed by atoms with Crippen LogP contribution in [0.2, 0.25) is 0 Å². The summed E-state index contributed by atoms with van der Waals surface area (Å²) < 4.78 is 14.1. The molecule has 6 heteroatoms. The highest BCUT2D eigenvalue weighted by Crippen LogP contribution is 2.28. The van der Waals surface area contributed by atoms with Gasteiger partial charge in [-0.15, -0.1) is 0 Å². The molecule has 0 radical (unpaired) electrons. The molecule has 1 aliphatic carbocycles. The van der Waals surface area contributed by atoms with E-state index in [0.717, 1.165) is 23.3 Å². The highest BCUT2D eigenvalue weighted by molar-refractivity contribution is 7.99. The molecular weight excluding hydrogens is 323 g/mol. The summed E-state index contributed by atoms with van der Waals surface area (Å²) in [5, 5.41) is 7.55. The minimum Gasteiger partial charge on any atom is -0.375 e. The van der Waals surface area contributed by atoms with E-state index in [4.69, 9.17) is 0 Å². The SMILES string of the molecule is CCNC(=NCc1ccc(N(C)C)c(F)c1)NC1CCC(SC)C1. The van der Waals surface area contributed by atoms with Crippen LogP contribution in [0.5, 0.6) is 0 Å². The van der Waals surface area contributed by atoms with E-state index in [1.54, 1.807) is 17.0 Å². The lowest BCUT2D eigenvalue weighted by molar-refractivity contribution is 0.613. The number of aliphatic imine (C=N–C) groups is 1. The number of hydrogen-bond donors (Lipinski definition) is 2. The Balaban J connectivity index is 1.99. The van der Waals surface area contributed by atoms with Crippen molar-refractivity contribution in [2.75, 3.05) is 31.8 Å². The number of nitrogens with one attached hydrogen (secondary N) is 2. The Kier molecular flexibility index (Phi) is 7.21. The van der Waals surface area contributed by atoms with Crippen LogP contribution in [0.3, 0.4) is 0 Å². The lowest BCUT2D eigenvalue weighted by Crippen LogP contribution is -2.42. The molecule has 1 aromatic rings. The van der Waals surface area contributed by atoms with E-state index in [1.807, 2.05) is 31.9 Å². The van der Waals surface area contributed by atoms with Gasteiger partial charge in [-0.25, -0.2) is 9.38 Å². The van der Waals surface area contributed by atoms with Gasteiger partial charge in [0.05, 0.1) is 12.2 Å². The predicted octanol–water partition coefficient (Wildman–Crippen LogP) is 3.23. The van der Waals surface area contributed by atoms with E-state index in [9.17, 15) is 4.39 Å². The zero-order valence-electron chi connectivity index (χ0n) is 15.1. The van der Waals surface area contributed by atoms with Crippen molar-refractivity contribution < 1.29 is 4.39 Å². The Bertz CT molecular complexity index is 562. The number of hydrogen-bond acceptors (Lipinski definition) is 3. The summed E-state index contributed by atoms with van der Waals surface area (Å²) >= 11 is 1.95. The third-order valence-electron chi connectivity index (χ3n) is 4.32. The van der Waals surface area contributed by atoms with Gasteiger partial charge in [0.25, 0.3) is 0 Å². The lowest BCUT2D eigenvalue weighted by Gasteiger charge is -2.17. The zero-order valence-corrected chi connectivity index (χ0v) is 15.9. The first-order chi connectivity index (χ1) is 11.5. The average Bonchev–Trinajstić information content (AvgIpc) is 3.00. The lowest BCUT2D eigenvalue weighted by atomic mass is 10.2. The monoisotopic (exact) mass is 352 g/mol. The van der Waals surface area contributed by atoms with Crippen molar-refractivity contribution in [1.29, 1.82) is 0 Å². The number of anilines is 1. The van der Waals surface area contributed by atoms with Crippen LogP contribution < -0.4 is 15.5 Å². The molecule has 0 aliphatic heterocycles. The van der Waals surface area contributed by atoms with Gasteiger partial charge in [0, 0.05) is 31.9 Å². The second kappa shape index (κ2) is 9.16. The van der Waals surface area contributed by atoms with E-state index in [-0.39, 0.29) is 5.82 Å². The molecule has 0 heterocycles. The fourth-order valence-corrected chi connectivity index (χ4v) is 3.78. The van der Waals surface area contributed by atoms with Crippen LogP contribution >= 0.6 is 11.8 Å². The molecule has 1 saturated carbocycles. The molecule has 0 aromatic heterocycles. The van der Waals surface area contributed by atoms with E-state index >= 15 is 0 Å². The van der Waals surface area contributed by atoms with Crippen LogP contribution in [0.4, 0.5) is 10.1 Å². The Morgan fingerprint density at radius 3 is 2.75 bits per heavy atom. The van der Waals surface area contributed by atoms with Gasteiger partial charge in [0.1, 0.15) is 5.82 Å². The fraction of sp³-hybridized carbons (Fsp3) is 0.611. The maximum Gasteiger partial charge on any atom is 0.191 e. The van der Waals surface area contributed by atoms with Gasteiger partial charge < -0.3 is 15.5 Å². The Labute approximate surface area is 149 Å². The molecule has 1 aromatic carbocycles. The largest absolute Gasteiger partial charge is 0.375 e. The molecule has 0 spiro atoms. The highest BCUT2D eigenvalue weighted by atomic mass is 32.2. The Morgan fingerprint density at radius 1 is 1.38 bits per heavy atom. The van der Waals surface area contributed by atoms with Gasteiger partial charge in [-0.1, -0.05) is 6.07 Å². The van der Waals surface area contributed by atoms with Crippen molar-refractivity contribution in [1.82, 2.24) is 10.6 Å². The number of benzene rings is 1. The average molecular weight is 353 g/mol. The van der Waals surface area contributed by atoms with Gasteiger partial charge >= 0.3 is 0 Å². The number of thioether (sulfide) groups is 1. The first-order valence-electron chi connectivity index (χ1n) is 8.56. The molecule has 24 heavy (non-hydrogen) atoms. The summed E-state index contributed by atoms with van der Waals surface area (Å²) in [6.07, 6.45) is 5.80. The number of guanidine groups is 1. The smallest absolute Gasteiger partial charge is 0.191 e. The normalized spacial score (nSPS) is 21.0. The molecule has 2 unspecified atom stereocenters. The summed E-state index contributed by atoms with van der Waals surface area (Å²) in [5.41, 5.74) is 1.48. The van der Waals surface area contributed by atoms with Gasteiger partial charge in [0.15, 0.2) is 5.96 Å². The molecule has 2 N–H and O–H groups in total. The molecule has 0 saturated heterocycles. The van der Waals surface area contributed by atoms with Crippen molar-refractivity contribution in [2.24, 2.45) is 4.99 Å². The second-order valence-corrected chi connectivity index (χ2v) is 7.53. The summed E-state index contributed by atoms with van der Waals surface area (Å²) in [6.45, 7) is 3.35. The number of nitrogens with zero attached hydrogens (tertiary/aromatic N) is 2. The molecule has 134 valence electrons. The quantitative estimate of drug-likeness (QED) is 0.609. The van der Waals surface area contributed by atoms with Gasteiger partial charge in [0.2, 0.25) is 0 Å². The Morgan fingerprint density at radius 2 is 2.17 bits per heavy atom. The standard InChI is InChI=1S/C18H29FN4S/c1-5-20-18(22-14-7-8-15(11-14)24-4)21-12-13-6-9-17(23(2)3)16(19)10-13/h6,9-10,14-15H,5,7-8,11-12H2,1-4H3,(H2,20,21,22). The topological polar surface area (TPSA) is 39.7 Å².